The van der Waals surface area contributed by atoms with Crippen molar-refractivity contribution >= 4 is 29.4 Å². The molecule has 0 amide bonds. The summed E-state index contributed by atoms with van der Waals surface area (Å²) < 4.78 is 45.7. The van der Waals surface area contributed by atoms with Crippen molar-refractivity contribution in [2.45, 2.75) is 5.37 Å². The van der Waals surface area contributed by atoms with Gasteiger partial charge in [0.15, 0.2) is 23.0 Å². The monoisotopic (exact) mass is 413 g/mol. The van der Waals surface area contributed by atoms with Gasteiger partial charge in [-0.1, -0.05) is 12.1 Å². The second kappa shape index (κ2) is 9.18. The fraction of sp³-hybridized carbons (Fsp3) is 0.111. The molecular weight excluding hydrogens is 399 g/mol. The third kappa shape index (κ3) is 4.97. The Morgan fingerprint density at radius 3 is 2.18 bits per heavy atom. The first-order valence-corrected chi connectivity index (χ1v) is 8.55. The lowest BCUT2D eigenvalue weighted by atomic mass is 10.2. The summed E-state index contributed by atoms with van der Waals surface area (Å²) in [5, 5.41) is 20.5. The summed E-state index contributed by atoms with van der Waals surface area (Å²) in [6.07, 6.45) is 0. The van der Waals surface area contributed by atoms with Gasteiger partial charge in [-0.05, 0) is 35.2 Å². The Hall–Kier alpha value is -3.14. The molecule has 3 N–H and O–H groups in total. The molecule has 2 aromatic rings. The van der Waals surface area contributed by atoms with Gasteiger partial charge in [0.25, 0.3) is 0 Å². The van der Waals surface area contributed by atoms with Crippen molar-refractivity contribution in [3.8, 4) is 5.75 Å². The molecule has 148 valence electrons. The Balaban J connectivity index is 2.40. The van der Waals surface area contributed by atoms with Gasteiger partial charge in [0.05, 0.1) is 12.8 Å². The maximum Gasteiger partial charge on any atom is 0.343 e. The van der Waals surface area contributed by atoms with E-state index in [0.29, 0.717) is 23.1 Å². The number of benzene rings is 2. The van der Waals surface area contributed by atoms with Crippen LogP contribution < -0.4 is 10.1 Å². The van der Waals surface area contributed by atoms with Crippen LogP contribution in [0.15, 0.2) is 47.4 Å². The van der Waals surface area contributed by atoms with Gasteiger partial charge < -0.3 is 20.3 Å². The maximum atomic E-state index is 14.0. The molecule has 2 rings (SSSR count). The van der Waals surface area contributed by atoms with Crippen LogP contribution in [0.2, 0.25) is 0 Å². The fourth-order valence-electron chi connectivity index (χ4n) is 2.08. The number of hydrogen-bond donors (Lipinski definition) is 3. The lowest BCUT2D eigenvalue weighted by Crippen LogP contribution is -2.12. The zero-order valence-corrected chi connectivity index (χ0v) is 15.1. The molecule has 0 aliphatic heterocycles. The zero-order chi connectivity index (χ0) is 20.8. The largest absolute Gasteiger partial charge is 0.497 e. The minimum absolute atomic E-state index is 0.382. The molecule has 0 spiro atoms. The minimum Gasteiger partial charge on any atom is -0.497 e. The van der Waals surface area contributed by atoms with Gasteiger partial charge in [0.2, 0.25) is 0 Å². The predicted octanol–water partition coefficient (Wildman–Crippen LogP) is 4.01. The Morgan fingerprint density at radius 2 is 1.64 bits per heavy atom. The highest BCUT2D eigenvalue weighted by Gasteiger charge is 2.21. The highest BCUT2D eigenvalue weighted by Crippen LogP contribution is 2.34. The number of ether oxygens (including phenoxy) is 1. The third-order valence-electron chi connectivity index (χ3n) is 3.52. The van der Waals surface area contributed by atoms with Gasteiger partial charge in [0, 0.05) is 0 Å². The second-order valence-corrected chi connectivity index (χ2v) is 6.28. The van der Waals surface area contributed by atoms with E-state index in [9.17, 15) is 22.8 Å². The second-order valence-electron chi connectivity index (χ2n) is 5.30. The number of aliphatic carboxylic acids is 2. The van der Waals surface area contributed by atoms with Crippen molar-refractivity contribution < 1.29 is 37.7 Å². The molecule has 0 bridgehead atoms. The van der Waals surface area contributed by atoms with Crippen molar-refractivity contribution in [3.63, 3.8) is 0 Å². The summed E-state index contributed by atoms with van der Waals surface area (Å²) in [7, 11) is 1.45. The van der Waals surface area contributed by atoms with Crippen molar-refractivity contribution in [3.05, 3.63) is 70.4 Å². The first-order valence-electron chi connectivity index (χ1n) is 7.60. The van der Waals surface area contributed by atoms with E-state index < -0.39 is 40.3 Å². The minimum atomic E-state index is -1.67. The molecule has 0 saturated heterocycles. The third-order valence-corrected chi connectivity index (χ3v) is 4.56. The highest BCUT2D eigenvalue weighted by molar-refractivity contribution is 8.02. The van der Waals surface area contributed by atoms with Gasteiger partial charge in [0.1, 0.15) is 11.1 Å². The summed E-state index contributed by atoms with van der Waals surface area (Å²) in [6.45, 7) is 0. The number of rotatable bonds is 8. The number of halogens is 3. The van der Waals surface area contributed by atoms with E-state index in [1.54, 1.807) is 24.3 Å². The standard InChI is InChI=1S/C18H14F3NO5S/c1-27-10-4-2-9(3-5-10)16(28-8-11(17(23)24)18(25)26)22-13-7-6-12(19)14(20)15(13)21/h2-8,16,22H,1H3,(H,23,24)(H,25,26). The van der Waals surface area contributed by atoms with Crippen LogP contribution >= 0.6 is 11.8 Å². The molecular formula is C18H14F3NO5S. The molecule has 0 radical (unpaired) electrons. The van der Waals surface area contributed by atoms with Gasteiger partial charge in [-0.25, -0.2) is 22.8 Å². The SMILES string of the molecule is COc1ccc(C(Nc2ccc(F)c(F)c2F)SC=C(C(=O)O)C(=O)O)cc1. The molecule has 2 aromatic carbocycles. The van der Waals surface area contributed by atoms with Crippen molar-refractivity contribution in [2.24, 2.45) is 0 Å². The maximum absolute atomic E-state index is 14.0. The fourth-order valence-corrected chi connectivity index (χ4v) is 3.06. The molecule has 1 atom stereocenters. The Bertz CT molecular complexity index is 902. The van der Waals surface area contributed by atoms with E-state index in [2.05, 4.69) is 5.32 Å². The lowest BCUT2D eigenvalue weighted by molar-refractivity contribution is -0.140. The molecule has 0 aromatic heterocycles. The van der Waals surface area contributed by atoms with Crippen LogP contribution in [0.25, 0.3) is 0 Å². The zero-order valence-electron chi connectivity index (χ0n) is 14.3. The van der Waals surface area contributed by atoms with E-state index in [1.807, 2.05) is 0 Å². The highest BCUT2D eigenvalue weighted by atomic mass is 32.2. The molecule has 6 nitrogen and oxygen atoms in total. The van der Waals surface area contributed by atoms with Crippen LogP contribution in [0.4, 0.5) is 18.9 Å². The van der Waals surface area contributed by atoms with Crippen LogP contribution in [0, 0.1) is 17.5 Å². The number of carboxylic acid groups (broad SMARTS) is 2. The number of anilines is 1. The van der Waals surface area contributed by atoms with E-state index >= 15 is 0 Å². The van der Waals surface area contributed by atoms with Crippen LogP contribution in [0.3, 0.4) is 0 Å². The van der Waals surface area contributed by atoms with E-state index in [-0.39, 0.29) is 5.69 Å². The van der Waals surface area contributed by atoms with E-state index in [4.69, 9.17) is 14.9 Å². The molecule has 10 heteroatoms. The van der Waals surface area contributed by atoms with Gasteiger partial charge >= 0.3 is 11.9 Å². The number of carbonyl (C=O) groups is 2. The normalized spacial score (nSPS) is 11.4. The first-order chi connectivity index (χ1) is 13.2. The quantitative estimate of drug-likeness (QED) is 0.198. The average Bonchev–Trinajstić information content (AvgIpc) is 2.66. The summed E-state index contributed by atoms with van der Waals surface area (Å²) in [5.41, 5.74) is -0.815. The van der Waals surface area contributed by atoms with Gasteiger partial charge in [-0.3, -0.25) is 0 Å². The van der Waals surface area contributed by atoms with Crippen LogP contribution in [-0.2, 0) is 9.59 Å². The van der Waals surface area contributed by atoms with Crippen molar-refractivity contribution in [1.82, 2.24) is 0 Å². The molecule has 0 saturated carbocycles. The Kier molecular flexibility index (Phi) is 6.94. The Labute approximate surface area is 161 Å². The van der Waals surface area contributed by atoms with E-state index in [1.165, 1.54) is 7.11 Å². The van der Waals surface area contributed by atoms with E-state index in [0.717, 1.165) is 17.5 Å². The molecule has 0 aliphatic rings. The predicted molar refractivity (Wildman–Crippen MR) is 96.6 cm³/mol. The number of carboxylic acids is 2. The molecule has 28 heavy (non-hydrogen) atoms. The lowest BCUT2D eigenvalue weighted by Gasteiger charge is -2.19. The molecule has 0 fully saturated rings. The molecule has 0 aliphatic carbocycles. The number of hydrogen-bond acceptors (Lipinski definition) is 5. The van der Waals surface area contributed by atoms with Crippen molar-refractivity contribution in [2.75, 3.05) is 12.4 Å². The number of thioether (sulfide) groups is 1. The first kappa shape index (κ1) is 21.2. The Morgan fingerprint density at radius 1 is 1.04 bits per heavy atom. The van der Waals surface area contributed by atoms with Gasteiger partial charge in [-0.15, -0.1) is 11.8 Å². The number of methoxy groups -OCH3 is 1. The van der Waals surface area contributed by atoms with Gasteiger partial charge in [-0.2, -0.15) is 0 Å². The molecule has 0 heterocycles. The average molecular weight is 413 g/mol. The number of nitrogens with one attached hydrogen (secondary N) is 1. The summed E-state index contributed by atoms with van der Waals surface area (Å²) in [4.78, 5) is 22.0. The summed E-state index contributed by atoms with van der Waals surface area (Å²) in [6, 6.07) is 7.99. The van der Waals surface area contributed by atoms with Crippen LogP contribution in [0.1, 0.15) is 10.9 Å². The topological polar surface area (TPSA) is 95.9 Å². The summed E-state index contributed by atoms with van der Waals surface area (Å²) in [5.74, 6) is -7.30. The van der Waals surface area contributed by atoms with Crippen LogP contribution in [0.5, 0.6) is 5.75 Å². The molecule has 1 unspecified atom stereocenters. The summed E-state index contributed by atoms with van der Waals surface area (Å²) >= 11 is 0.708. The smallest absolute Gasteiger partial charge is 0.343 e. The van der Waals surface area contributed by atoms with Crippen molar-refractivity contribution in [1.29, 1.82) is 0 Å². The van der Waals surface area contributed by atoms with Crippen LogP contribution in [-0.4, -0.2) is 29.3 Å².